The van der Waals surface area contributed by atoms with E-state index in [2.05, 4.69) is 13.8 Å². The quantitative estimate of drug-likeness (QED) is 0.384. The van der Waals surface area contributed by atoms with Crippen LogP contribution in [0, 0.1) is 12.8 Å². The Morgan fingerprint density at radius 1 is 1.14 bits per heavy atom. The topological polar surface area (TPSA) is 89.2 Å². The van der Waals surface area contributed by atoms with Crippen LogP contribution in [0.15, 0.2) is 39.5 Å². The molecule has 192 valence electrons. The molecule has 36 heavy (non-hydrogen) atoms. The maximum atomic E-state index is 13.7. The van der Waals surface area contributed by atoms with Gasteiger partial charge in [0.1, 0.15) is 5.58 Å². The summed E-state index contributed by atoms with van der Waals surface area (Å²) in [5.41, 5.74) is 1.74. The maximum Gasteiger partial charge on any atom is 0.290 e. The molecule has 0 fully saturated rings. The van der Waals surface area contributed by atoms with Crippen LogP contribution in [0.4, 0.5) is 0 Å². The molecule has 0 bridgehead atoms. The number of amides is 1. The zero-order chi connectivity index (χ0) is 26.0. The first-order valence-corrected chi connectivity index (χ1v) is 12.7. The number of benzene rings is 2. The minimum atomic E-state index is -0.691. The molecule has 1 unspecified atom stereocenters. The first-order chi connectivity index (χ1) is 17.3. The normalized spacial score (nSPS) is 15.1. The maximum absolute atomic E-state index is 13.7. The molecule has 0 saturated carbocycles. The van der Waals surface area contributed by atoms with Gasteiger partial charge in [-0.3, -0.25) is 9.59 Å². The molecule has 1 aliphatic heterocycles. The molecule has 1 aromatic heterocycles. The highest BCUT2D eigenvalue weighted by Gasteiger charge is 2.42. The monoisotopic (exact) mass is 513 g/mol. The Labute approximate surface area is 215 Å². The van der Waals surface area contributed by atoms with Crippen LogP contribution in [0.2, 0.25) is 5.02 Å². The van der Waals surface area contributed by atoms with E-state index in [4.69, 9.17) is 25.5 Å². The molecule has 4 rings (SSSR count). The van der Waals surface area contributed by atoms with Crippen LogP contribution in [-0.2, 0) is 0 Å². The lowest BCUT2D eigenvalue weighted by molar-refractivity contribution is 0.0716. The molecule has 0 aliphatic carbocycles. The fourth-order valence-electron chi connectivity index (χ4n) is 4.45. The Kier molecular flexibility index (Phi) is 7.91. The van der Waals surface area contributed by atoms with Gasteiger partial charge in [0.25, 0.3) is 5.91 Å². The highest BCUT2D eigenvalue weighted by atomic mass is 35.5. The van der Waals surface area contributed by atoms with Gasteiger partial charge in [0.15, 0.2) is 16.9 Å². The summed E-state index contributed by atoms with van der Waals surface area (Å²) in [7, 11) is 0. The summed E-state index contributed by atoms with van der Waals surface area (Å²) in [5, 5.41) is 10.2. The van der Waals surface area contributed by atoms with Crippen LogP contribution in [0.25, 0.3) is 11.0 Å². The van der Waals surface area contributed by atoms with Gasteiger partial charge in [0.05, 0.1) is 30.2 Å². The van der Waals surface area contributed by atoms with Gasteiger partial charge in [-0.05, 0) is 68.0 Å². The van der Waals surface area contributed by atoms with E-state index in [0.29, 0.717) is 58.6 Å². The summed E-state index contributed by atoms with van der Waals surface area (Å²) >= 11 is 6.31. The Balaban J connectivity index is 1.85. The summed E-state index contributed by atoms with van der Waals surface area (Å²) in [5.74, 6) is 1.30. The Bertz CT molecular complexity index is 1330. The van der Waals surface area contributed by atoms with Crippen LogP contribution in [-0.4, -0.2) is 42.3 Å². The summed E-state index contributed by atoms with van der Waals surface area (Å²) in [6.45, 7) is 9.13. The summed E-state index contributed by atoms with van der Waals surface area (Å²) in [4.78, 5) is 28.7. The molecule has 1 N–H and O–H groups in total. The van der Waals surface area contributed by atoms with Crippen LogP contribution in [0.3, 0.4) is 0 Å². The van der Waals surface area contributed by atoms with Crippen molar-refractivity contribution in [2.75, 3.05) is 26.4 Å². The third kappa shape index (κ3) is 4.95. The van der Waals surface area contributed by atoms with Crippen molar-refractivity contribution in [3.05, 3.63) is 68.0 Å². The third-order valence-electron chi connectivity index (χ3n) is 6.34. The molecule has 0 radical (unpaired) electrons. The zero-order valence-corrected chi connectivity index (χ0v) is 21.9. The van der Waals surface area contributed by atoms with E-state index in [1.165, 1.54) is 0 Å². The van der Waals surface area contributed by atoms with Crippen LogP contribution >= 0.6 is 11.6 Å². The minimum Gasteiger partial charge on any atom is -0.490 e. The van der Waals surface area contributed by atoms with E-state index in [1.54, 1.807) is 17.0 Å². The van der Waals surface area contributed by atoms with Gasteiger partial charge < -0.3 is 23.9 Å². The van der Waals surface area contributed by atoms with Crippen molar-refractivity contribution >= 4 is 28.5 Å². The van der Waals surface area contributed by atoms with Gasteiger partial charge in [-0.1, -0.05) is 31.5 Å². The van der Waals surface area contributed by atoms with Gasteiger partial charge in [-0.2, -0.15) is 0 Å². The van der Waals surface area contributed by atoms with Crippen molar-refractivity contribution in [3.63, 3.8) is 0 Å². The fraction of sp³-hybridized carbons (Fsp3) is 0.429. The summed E-state index contributed by atoms with van der Waals surface area (Å²) in [6, 6.07) is 8.05. The smallest absolute Gasteiger partial charge is 0.290 e. The van der Waals surface area contributed by atoms with E-state index >= 15 is 0 Å². The molecule has 1 amide bonds. The number of nitrogens with zero attached hydrogens (tertiary/aromatic N) is 1. The number of fused-ring (bicyclic) bond motifs is 2. The zero-order valence-electron chi connectivity index (χ0n) is 21.1. The average Bonchev–Trinajstić information content (AvgIpc) is 3.11. The van der Waals surface area contributed by atoms with Gasteiger partial charge >= 0.3 is 0 Å². The molecule has 0 saturated heterocycles. The van der Waals surface area contributed by atoms with E-state index in [-0.39, 0.29) is 35.8 Å². The molecule has 7 nitrogen and oxygen atoms in total. The van der Waals surface area contributed by atoms with Crippen molar-refractivity contribution in [2.45, 2.75) is 46.6 Å². The van der Waals surface area contributed by atoms with Crippen LogP contribution < -0.4 is 14.9 Å². The van der Waals surface area contributed by atoms with Crippen LogP contribution in [0.5, 0.6) is 11.5 Å². The Hall–Kier alpha value is -3.03. The number of aliphatic hydroxyl groups excluding tert-OH is 1. The first kappa shape index (κ1) is 26.0. The highest BCUT2D eigenvalue weighted by molar-refractivity contribution is 6.32. The van der Waals surface area contributed by atoms with Gasteiger partial charge in [-0.15, -0.1) is 0 Å². The lowest BCUT2D eigenvalue weighted by atomic mass is 9.97. The number of aryl methyl sites for hydroxylation is 1. The van der Waals surface area contributed by atoms with Crippen molar-refractivity contribution < 1.29 is 23.8 Å². The predicted octanol–water partition coefficient (Wildman–Crippen LogP) is 5.51. The highest BCUT2D eigenvalue weighted by Crippen LogP contribution is 2.41. The lowest BCUT2D eigenvalue weighted by Gasteiger charge is -2.25. The largest absolute Gasteiger partial charge is 0.490 e. The Morgan fingerprint density at radius 3 is 2.61 bits per heavy atom. The van der Waals surface area contributed by atoms with Crippen LogP contribution in [0.1, 0.15) is 66.9 Å². The molecule has 0 spiro atoms. The molecule has 8 heteroatoms. The second-order valence-electron chi connectivity index (χ2n) is 9.42. The standard InChI is InChI=1S/C28H32ClNO6/c1-5-34-23-14-18(7-8-21(23)35-12-9-16(2)3)25-24-26(32)19-15-20(29)17(4)13-22(19)36-27(24)28(33)30(25)10-6-11-31/h7-8,13-16,25,31H,5-6,9-12H2,1-4H3. The fourth-order valence-corrected chi connectivity index (χ4v) is 4.61. The SMILES string of the molecule is CCOc1cc(C2c3c(oc4cc(C)c(Cl)cc4c3=O)C(=O)N2CCCO)ccc1OCCC(C)C. The third-order valence-corrected chi connectivity index (χ3v) is 6.75. The Morgan fingerprint density at radius 2 is 1.92 bits per heavy atom. The van der Waals surface area contributed by atoms with Crippen molar-refractivity contribution in [1.82, 2.24) is 4.90 Å². The molecule has 1 atom stereocenters. The molecule has 3 aromatic rings. The second-order valence-corrected chi connectivity index (χ2v) is 9.83. The number of hydrogen-bond acceptors (Lipinski definition) is 6. The van der Waals surface area contributed by atoms with Gasteiger partial charge in [0.2, 0.25) is 5.76 Å². The number of carbonyl (C=O) groups is 1. The van der Waals surface area contributed by atoms with Gasteiger partial charge in [-0.25, -0.2) is 0 Å². The number of halogens is 1. The van der Waals surface area contributed by atoms with Crippen molar-refractivity contribution in [3.8, 4) is 11.5 Å². The van der Waals surface area contributed by atoms with E-state index in [0.717, 1.165) is 12.0 Å². The summed E-state index contributed by atoms with van der Waals surface area (Å²) in [6.07, 6.45) is 1.27. The molecule has 2 aromatic carbocycles. The average molecular weight is 514 g/mol. The molecule has 1 aliphatic rings. The number of carbonyl (C=O) groups excluding carboxylic acids is 1. The summed E-state index contributed by atoms with van der Waals surface area (Å²) < 4.78 is 17.8. The number of ether oxygens (including phenoxy) is 2. The minimum absolute atomic E-state index is 0.0207. The molecule has 2 heterocycles. The predicted molar refractivity (Wildman–Crippen MR) is 139 cm³/mol. The molecular weight excluding hydrogens is 482 g/mol. The van der Waals surface area contributed by atoms with Crippen molar-refractivity contribution in [1.29, 1.82) is 0 Å². The van der Waals surface area contributed by atoms with E-state index < -0.39 is 6.04 Å². The van der Waals surface area contributed by atoms with E-state index in [9.17, 15) is 14.7 Å². The van der Waals surface area contributed by atoms with Crippen molar-refractivity contribution in [2.24, 2.45) is 5.92 Å². The number of hydrogen-bond donors (Lipinski definition) is 1. The first-order valence-electron chi connectivity index (χ1n) is 12.3. The second kappa shape index (κ2) is 10.9. The lowest BCUT2D eigenvalue weighted by Crippen LogP contribution is -2.31. The molecular formula is C28H32ClNO6. The number of aliphatic hydroxyl groups is 1. The van der Waals surface area contributed by atoms with E-state index in [1.807, 2.05) is 32.0 Å². The van der Waals surface area contributed by atoms with Gasteiger partial charge in [0, 0.05) is 18.2 Å². The number of rotatable bonds is 10.